The number of nitrogens with two attached hydrogens (primary N) is 1. The van der Waals surface area contributed by atoms with E-state index in [1.165, 1.54) is 12.8 Å². The van der Waals surface area contributed by atoms with E-state index in [4.69, 9.17) is 10.5 Å². The van der Waals surface area contributed by atoms with Gasteiger partial charge >= 0.3 is 0 Å². The zero-order chi connectivity index (χ0) is 11.4. The summed E-state index contributed by atoms with van der Waals surface area (Å²) in [5.74, 6) is 1.77. The molecule has 1 aliphatic carbocycles. The van der Waals surface area contributed by atoms with Crippen LogP contribution in [0.2, 0.25) is 0 Å². The molecule has 1 aromatic rings. The molecule has 0 amide bonds. The Labute approximate surface area is 97.0 Å². The molecule has 0 aromatic carbocycles. The highest BCUT2D eigenvalue weighted by atomic mass is 16.5. The van der Waals surface area contributed by atoms with Crippen molar-refractivity contribution in [2.24, 2.45) is 11.7 Å². The van der Waals surface area contributed by atoms with Crippen LogP contribution in [0.15, 0.2) is 18.5 Å². The molecule has 0 aliphatic heterocycles. The number of aromatic nitrogens is 1. The lowest BCUT2D eigenvalue weighted by atomic mass is 9.89. The second-order valence-corrected chi connectivity index (χ2v) is 4.69. The molecule has 2 rings (SSSR count). The van der Waals surface area contributed by atoms with E-state index in [1.54, 1.807) is 12.4 Å². The first kappa shape index (κ1) is 11.4. The van der Waals surface area contributed by atoms with Gasteiger partial charge in [0.1, 0.15) is 5.75 Å². The first-order valence-electron chi connectivity index (χ1n) is 6.09. The first-order valence-corrected chi connectivity index (χ1v) is 6.09. The fraction of sp³-hybridized carbons (Fsp3) is 0.615. The molecule has 0 radical (unpaired) electrons. The Morgan fingerprint density at radius 3 is 2.81 bits per heavy atom. The van der Waals surface area contributed by atoms with Crippen LogP contribution in [-0.2, 0) is 6.54 Å². The van der Waals surface area contributed by atoms with E-state index in [0.29, 0.717) is 12.6 Å². The molecule has 88 valence electrons. The number of pyridine rings is 1. The molecular formula is C13H20N2O. The molecule has 0 saturated heterocycles. The van der Waals surface area contributed by atoms with Crippen molar-refractivity contribution in [1.82, 2.24) is 4.98 Å². The third-order valence-electron chi connectivity index (χ3n) is 3.34. The highest BCUT2D eigenvalue weighted by Crippen LogP contribution is 2.28. The topological polar surface area (TPSA) is 48.1 Å². The Kier molecular flexibility index (Phi) is 3.78. The van der Waals surface area contributed by atoms with Gasteiger partial charge in [-0.1, -0.05) is 6.92 Å². The van der Waals surface area contributed by atoms with Crippen molar-refractivity contribution in [3.63, 3.8) is 0 Å². The number of hydrogen-bond donors (Lipinski definition) is 1. The Morgan fingerprint density at radius 1 is 1.38 bits per heavy atom. The van der Waals surface area contributed by atoms with Crippen LogP contribution in [-0.4, -0.2) is 11.1 Å². The average molecular weight is 220 g/mol. The minimum atomic E-state index is 0.365. The molecule has 3 nitrogen and oxygen atoms in total. The van der Waals surface area contributed by atoms with Gasteiger partial charge in [0.05, 0.1) is 6.10 Å². The maximum Gasteiger partial charge on any atom is 0.127 e. The van der Waals surface area contributed by atoms with Crippen LogP contribution in [0.4, 0.5) is 0 Å². The van der Waals surface area contributed by atoms with Gasteiger partial charge in [-0.2, -0.15) is 0 Å². The molecule has 1 saturated carbocycles. The van der Waals surface area contributed by atoms with E-state index in [0.717, 1.165) is 30.1 Å². The van der Waals surface area contributed by atoms with Crippen LogP contribution in [0.25, 0.3) is 0 Å². The van der Waals surface area contributed by atoms with Gasteiger partial charge < -0.3 is 10.5 Å². The monoisotopic (exact) mass is 220 g/mol. The standard InChI is InChI=1S/C13H20N2O/c1-10-2-4-12(5-3-10)16-13-6-7-15-9-11(13)8-14/h6-7,9-10,12H,2-5,8,14H2,1H3. The van der Waals surface area contributed by atoms with Crippen LogP contribution < -0.4 is 10.5 Å². The lowest BCUT2D eigenvalue weighted by Crippen LogP contribution is -2.23. The number of nitrogens with zero attached hydrogens (tertiary/aromatic N) is 1. The lowest BCUT2D eigenvalue weighted by molar-refractivity contribution is 0.134. The maximum absolute atomic E-state index is 6.01. The summed E-state index contributed by atoms with van der Waals surface area (Å²) >= 11 is 0. The fourth-order valence-electron chi connectivity index (χ4n) is 2.21. The number of hydrogen-bond acceptors (Lipinski definition) is 3. The van der Waals surface area contributed by atoms with E-state index in [-0.39, 0.29) is 0 Å². The van der Waals surface area contributed by atoms with Gasteiger partial charge in [-0.3, -0.25) is 4.98 Å². The van der Waals surface area contributed by atoms with E-state index in [9.17, 15) is 0 Å². The SMILES string of the molecule is CC1CCC(Oc2ccncc2CN)CC1. The highest BCUT2D eigenvalue weighted by Gasteiger charge is 2.20. The molecule has 1 fully saturated rings. The summed E-state index contributed by atoms with van der Waals surface area (Å²) in [5.41, 5.74) is 6.66. The van der Waals surface area contributed by atoms with Gasteiger partial charge in [-0.05, 0) is 37.7 Å². The molecule has 1 heterocycles. The van der Waals surface area contributed by atoms with Gasteiger partial charge in [0, 0.05) is 24.5 Å². The molecule has 16 heavy (non-hydrogen) atoms. The zero-order valence-corrected chi connectivity index (χ0v) is 9.86. The number of rotatable bonds is 3. The molecule has 2 N–H and O–H groups in total. The molecule has 1 aromatic heterocycles. The van der Waals surface area contributed by atoms with Gasteiger partial charge in [-0.15, -0.1) is 0 Å². The van der Waals surface area contributed by atoms with Crippen LogP contribution in [0.1, 0.15) is 38.2 Å². The van der Waals surface area contributed by atoms with E-state index >= 15 is 0 Å². The second kappa shape index (κ2) is 5.30. The van der Waals surface area contributed by atoms with Crippen LogP contribution in [0, 0.1) is 5.92 Å². The van der Waals surface area contributed by atoms with Crippen molar-refractivity contribution >= 4 is 0 Å². The van der Waals surface area contributed by atoms with Crippen molar-refractivity contribution in [1.29, 1.82) is 0 Å². The highest BCUT2D eigenvalue weighted by molar-refractivity contribution is 5.30. The second-order valence-electron chi connectivity index (χ2n) is 4.69. The van der Waals surface area contributed by atoms with Crippen LogP contribution in [0.5, 0.6) is 5.75 Å². The molecule has 0 atom stereocenters. The van der Waals surface area contributed by atoms with Crippen LogP contribution >= 0.6 is 0 Å². The van der Waals surface area contributed by atoms with Gasteiger partial charge in [0.2, 0.25) is 0 Å². The predicted molar refractivity (Wildman–Crippen MR) is 64.2 cm³/mol. The lowest BCUT2D eigenvalue weighted by Gasteiger charge is -2.27. The van der Waals surface area contributed by atoms with Gasteiger partial charge in [-0.25, -0.2) is 0 Å². The first-order chi connectivity index (χ1) is 7.79. The quantitative estimate of drug-likeness (QED) is 0.851. The minimum absolute atomic E-state index is 0.365. The Morgan fingerprint density at radius 2 is 2.12 bits per heavy atom. The Balaban J connectivity index is 1.98. The van der Waals surface area contributed by atoms with Crippen LogP contribution in [0.3, 0.4) is 0 Å². The molecule has 0 spiro atoms. The zero-order valence-electron chi connectivity index (χ0n) is 9.86. The van der Waals surface area contributed by atoms with Crippen molar-refractivity contribution in [2.75, 3.05) is 0 Å². The largest absolute Gasteiger partial charge is 0.490 e. The fourth-order valence-corrected chi connectivity index (χ4v) is 2.21. The summed E-state index contributed by atoms with van der Waals surface area (Å²) < 4.78 is 6.01. The summed E-state index contributed by atoms with van der Waals surface area (Å²) in [4.78, 5) is 4.06. The summed E-state index contributed by atoms with van der Waals surface area (Å²) in [6.07, 6.45) is 8.78. The third kappa shape index (κ3) is 2.73. The minimum Gasteiger partial charge on any atom is -0.490 e. The summed E-state index contributed by atoms with van der Waals surface area (Å²) in [7, 11) is 0. The smallest absolute Gasteiger partial charge is 0.127 e. The average Bonchev–Trinajstić information content (AvgIpc) is 2.33. The van der Waals surface area contributed by atoms with Crippen molar-refractivity contribution in [3.05, 3.63) is 24.0 Å². The van der Waals surface area contributed by atoms with Gasteiger partial charge in [0.25, 0.3) is 0 Å². The molecule has 0 unspecified atom stereocenters. The number of ether oxygens (including phenoxy) is 1. The maximum atomic E-state index is 6.01. The van der Waals surface area contributed by atoms with Crippen molar-refractivity contribution < 1.29 is 4.74 Å². The summed E-state index contributed by atoms with van der Waals surface area (Å²) in [6.45, 7) is 2.81. The molecule has 0 bridgehead atoms. The predicted octanol–water partition coefficient (Wildman–Crippen LogP) is 2.50. The normalized spacial score (nSPS) is 25.4. The third-order valence-corrected chi connectivity index (χ3v) is 3.34. The molecule has 1 aliphatic rings. The Hall–Kier alpha value is -1.09. The Bertz CT molecular complexity index is 332. The van der Waals surface area contributed by atoms with Crippen molar-refractivity contribution in [3.8, 4) is 5.75 Å². The molecule has 3 heteroatoms. The molecular weight excluding hydrogens is 200 g/mol. The van der Waals surface area contributed by atoms with Gasteiger partial charge in [0.15, 0.2) is 0 Å². The van der Waals surface area contributed by atoms with Crippen molar-refractivity contribution in [2.45, 2.75) is 45.3 Å². The summed E-state index contributed by atoms with van der Waals surface area (Å²) in [5, 5.41) is 0. The van der Waals surface area contributed by atoms with E-state index < -0.39 is 0 Å². The van der Waals surface area contributed by atoms with E-state index in [1.807, 2.05) is 6.07 Å². The van der Waals surface area contributed by atoms with E-state index in [2.05, 4.69) is 11.9 Å². The summed E-state index contributed by atoms with van der Waals surface area (Å²) in [6, 6.07) is 1.92.